The van der Waals surface area contributed by atoms with Gasteiger partial charge in [-0.1, -0.05) is 127 Å². The molecule has 0 bridgehead atoms. The second kappa shape index (κ2) is 10.8. The van der Waals surface area contributed by atoms with Gasteiger partial charge < -0.3 is 9.64 Å². The van der Waals surface area contributed by atoms with E-state index in [1.807, 2.05) is 0 Å². The lowest BCUT2D eigenvalue weighted by atomic mass is 9.91. The number of fused-ring (bicyclic) bond motifs is 6. The average Bonchev–Trinajstić information content (AvgIpc) is 3.15. The number of aryl methyl sites for hydroxylation is 1. The van der Waals surface area contributed by atoms with E-state index in [4.69, 9.17) is 4.74 Å². The Morgan fingerprint density at radius 1 is 0.388 bits per heavy atom. The first-order valence-electron chi connectivity index (χ1n) is 16.8. The molecule has 1 aliphatic rings. The minimum Gasteiger partial charge on any atom is -0.453 e. The van der Waals surface area contributed by atoms with Crippen molar-refractivity contribution in [2.45, 2.75) is 6.92 Å². The summed E-state index contributed by atoms with van der Waals surface area (Å²) in [7, 11) is 0. The Kier molecular flexibility index (Phi) is 6.13. The number of rotatable bonds is 3. The smallest absolute Gasteiger partial charge is 0.152 e. The van der Waals surface area contributed by atoms with E-state index in [0.29, 0.717) is 0 Å². The molecule has 0 radical (unpaired) electrons. The molecular formula is C47H31NO. The van der Waals surface area contributed by atoms with E-state index in [-0.39, 0.29) is 0 Å². The molecule has 49 heavy (non-hydrogen) atoms. The van der Waals surface area contributed by atoms with Gasteiger partial charge in [0.25, 0.3) is 0 Å². The highest BCUT2D eigenvalue weighted by Gasteiger charge is 2.28. The lowest BCUT2D eigenvalue weighted by Gasteiger charge is -2.33. The van der Waals surface area contributed by atoms with E-state index in [0.717, 1.165) is 39.7 Å². The molecular weight excluding hydrogens is 595 g/mol. The van der Waals surface area contributed by atoms with Gasteiger partial charge in [0.15, 0.2) is 11.5 Å². The van der Waals surface area contributed by atoms with Crippen LogP contribution in [-0.2, 0) is 0 Å². The van der Waals surface area contributed by atoms with Gasteiger partial charge in [0.05, 0.1) is 11.4 Å². The monoisotopic (exact) mass is 625 g/mol. The summed E-state index contributed by atoms with van der Waals surface area (Å²) >= 11 is 0. The van der Waals surface area contributed by atoms with Gasteiger partial charge in [-0.2, -0.15) is 0 Å². The van der Waals surface area contributed by atoms with Crippen LogP contribution >= 0.6 is 0 Å². The van der Waals surface area contributed by atoms with Gasteiger partial charge in [-0.3, -0.25) is 0 Å². The zero-order chi connectivity index (χ0) is 32.5. The predicted molar refractivity (Wildman–Crippen MR) is 207 cm³/mol. The zero-order valence-electron chi connectivity index (χ0n) is 27.0. The molecule has 0 saturated heterocycles. The van der Waals surface area contributed by atoms with Gasteiger partial charge in [0, 0.05) is 5.69 Å². The molecule has 2 nitrogen and oxygen atoms in total. The predicted octanol–water partition coefficient (Wildman–Crippen LogP) is 13.5. The third-order valence-corrected chi connectivity index (χ3v) is 10.0. The van der Waals surface area contributed by atoms with Crippen molar-refractivity contribution in [1.82, 2.24) is 0 Å². The van der Waals surface area contributed by atoms with Crippen LogP contribution in [0.5, 0.6) is 11.5 Å². The highest BCUT2D eigenvalue weighted by Crippen LogP contribution is 2.53. The van der Waals surface area contributed by atoms with Crippen LogP contribution in [0.4, 0.5) is 17.1 Å². The van der Waals surface area contributed by atoms with Crippen LogP contribution < -0.4 is 9.64 Å². The summed E-state index contributed by atoms with van der Waals surface area (Å²) in [6.45, 7) is 2.13. The molecule has 1 heterocycles. The lowest BCUT2D eigenvalue weighted by Crippen LogP contribution is -2.16. The molecule has 0 fully saturated rings. The van der Waals surface area contributed by atoms with Gasteiger partial charge in [-0.05, 0) is 121 Å². The first kappa shape index (κ1) is 27.7. The maximum absolute atomic E-state index is 6.98. The fraction of sp³-hybridized carbons (Fsp3) is 0.0213. The molecule has 0 atom stereocenters. The fourth-order valence-corrected chi connectivity index (χ4v) is 7.74. The minimum absolute atomic E-state index is 0.836. The Bertz CT molecular complexity index is 2480. The molecule has 10 rings (SSSR count). The normalized spacial score (nSPS) is 12.3. The Labute approximate surface area is 285 Å². The van der Waals surface area contributed by atoms with Gasteiger partial charge in [0.1, 0.15) is 0 Å². The summed E-state index contributed by atoms with van der Waals surface area (Å²) in [5.41, 5.74) is 9.09. The third kappa shape index (κ3) is 4.42. The number of nitrogens with zero attached hydrogens (tertiary/aromatic N) is 1. The van der Waals surface area contributed by atoms with Crippen molar-refractivity contribution in [1.29, 1.82) is 0 Å². The summed E-state index contributed by atoms with van der Waals surface area (Å²) in [5.74, 6) is 1.67. The quantitative estimate of drug-likeness (QED) is 0.181. The van der Waals surface area contributed by atoms with Crippen molar-refractivity contribution >= 4 is 60.2 Å². The highest BCUT2D eigenvalue weighted by molar-refractivity contribution is 6.14. The van der Waals surface area contributed by atoms with Crippen molar-refractivity contribution in [3.63, 3.8) is 0 Å². The fourth-order valence-electron chi connectivity index (χ4n) is 7.74. The van der Waals surface area contributed by atoms with Gasteiger partial charge in [0.2, 0.25) is 0 Å². The molecule has 0 spiro atoms. The lowest BCUT2D eigenvalue weighted by molar-refractivity contribution is 0.477. The molecule has 0 aromatic heterocycles. The summed E-state index contributed by atoms with van der Waals surface area (Å²) in [6.07, 6.45) is 0. The standard InChI is InChI=1S/C47H31NO/c1-30-18-22-37(23-19-30)48-42-24-20-35(46-38-14-6-2-10-31(38)26-32-11-3-7-15-39(32)46)28-44(42)49-45-29-36(21-25-43(45)48)47-40-16-8-4-12-33(40)27-34-13-5-9-17-41(34)47/h2-29H,1H3. The first-order valence-corrected chi connectivity index (χ1v) is 16.8. The molecule has 1 aliphatic heterocycles. The third-order valence-electron chi connectivity index (χ3n) is 10.0. The number of anilines is 3. The molecule has 0 N–H and O–H groups in total. The van der Waals surface area contributed by atoms with E-state index < -0.39 is 0 Å². The Balaban J connectivity index is 1.20. The molecule has 0 aliphatic carbocycles. The second-order valence-electron chi connectivity index (χ2n) is 13.0. The average molecular weight is 626 g/mol. The van der Waals surface area contributed by atoms with E-state index >= 15 is 0 Å². The minimum atomic E-state index is 0.836. The topological polar surface area (TPSA) is 12.5 Å². The maximum Gasteiger partial charge on any atom is 0.152 e. The molecule has 2 heteroatoms. The first-order chi connectivity index (χ1) is 24.2. The summed E-state index contributed by atoms with van der Waals surface area (Å²) in [5, 5.41) is 9.86. The van der Waals surface area contributed by atoms with Crippen LogP contribution in [0, 0.1) is 6.92 Å². The number of hydrogen-bond acceptors (Lipinski definition) is 2. The second-order valence-corrected chi connectivity index (χ2v) is 13.0. The number of ether oxygens (including phenoxy) is 1. The largest absolute Gasteiger partial charge is 0.453 e. The summed E-state index contributed by atoms with van der Waals surface area (Å²) < 4.78 is 6.98. The van der Waals surface area contributed by atoms with Crippen molar-refractivity contribution in [2.24, 2.45) is 0 Å². The van der Waals surface area contributed by atoms with Crippen molar-refractivity contribution < 1.29 is 4.74 Å². The van der Waals surface area contributed by atoms with Gasteiger partial charge >= 0.3 is 0 Å². The van der Waals surface area contributed by atoms with E-state index in [9.17, 15) is 0 Å². The highest BCUT2D eigenvalue weighted by atomic mass is 16.5. The van der Waals surface area contributed by atoms with E-state index in [1.54, 1.807) is 0 Å². The molecule has 0 unspecified atom stereocenters. The zero-order valence-corrected chi connectivity index (χ0v) is 27.0. The van der Waals surface area contributed by atoms with Crippen molar-refractivity contribution in [2.75, 3.05) is 4.90 Å². The molecule has 9 aromatic carbocycles. The van der Waals surface area contributed by atoms with Crippen LogP contribution in [0.2, 0.25) is 0 Å². The Morgan fingerprint density at radius 2 is 0.776 bits per heavy atom. The summed E-state index contributed by atoms with van der Waals surface area (Å²) in [6, 6.07) is 61.4. The van der Waals surface area contributed by atoms with E-state index in [1.165, 1.54) is 59.8 Å². The summed E-state index contributed by atoms with van der Waals surface area (Å²) in [4.78, 5) is 2.34. The van der Waals surface area contributed by atoms with Crippen molar-refractivity contribution in [3.8, 4) is 33.8 Å². The van der Waals surface area contributed by atoms with Crippen LogP contribution in [0.15, 0.2) is 170 Å². The number of hydrogen-bond donors (Lipinski definition) is 0. The van der Waals surface area contributed by atoms with Crippen LogP contribution in [0.25, 0.3) is 65.3 Å². The van der Waals surface area contributed by atoms with Crippen LogP contribution in [0.1, 0.15) is 5.56 Å². The molecule has 0 amide bonds. The Morgan fingerprint density at radius 3 is 1.18 bits per heavy atom. The van der Waals surface area contributed by atoms with Gasteiger partial charge in [-0.25, -0.2) is 0 Å². The van der Waals surface area contributed by atoms with Crippen LogP contribution in [-0.4, -0.2) is 0 Å². The molecule has 0 saturated carbocycles. The van der Waals surface area contributed by atoms with Crippen molar-refractivity contribution in [3.05, 3.63) is 175 Å². The maximum atomic E-state index is 6.98. The molecule has 230 valence electrons. The Hall–Kier alpha value is -6.38. The van der Waals surface area contributed by atoms with Crippen LogP contribution in [0.3, 0.4) is 0 Å². The number of benzene rings is 9. The SMILES string of the molecule is Cc1ccc(N2c3ccc(-c4c5ccccc5cc5ccccc45)cc3Oc3cc(-c4c5ccccc5cc5ccccc45)ccc32)cc1. The van der Waals surface area contributed by atoms with Gasteiger partial charge in [-0.15, -0.1) is 0 Å². The molecule has 9 aromatic rings. The van der Waals surface area contributed by atoms with E-state index in [2.05, 4.69) is 182 Å².